The van der Waals surface area contributed by atoms with Gasteiger partial charge in [-0.2, -0.15) is 18.3 Å². The SMILES string of the molecule is CCOC(=O)NC(C(=O)NCc1ccc(-n2nc(C)cc2C)cc1C(F)(F)F)C(C)C. The zero-order valence-corrected chi connectivity index (χ0v) is 18.1. The van der Waals surface area contributed by atoms with Crippen molar-refractivity contribution in [2.45, 2.75) is 53.4 Å². The first-order valence-electron chi connectivity index (χ1n) is 9.88. The molecule has 0 fully saturated rings. The lowest BCUT2D eigenvalue weighted by Gasteiger charge is -2.22. The summed E-state index contributed by atoms with van der Waals surface area (Å²) in [4.78, 5) is 24.2. The number of carbonyl (C=O) groups is 2. The van der Waals surface area contributed by atoms with Crippen LogP contribution < -0.4 is 10.6 Å². The summed E-state index contributed by atoms with van der Waals surface area (Å²) < 4.78 is 47.3. The minimum Gasteiger partial charge on any atom is -0.450 e. The molecule has 0 saturated carbocycles. The lowest BCUT2D eigenvalue weighted by atomic mass is 10.0. The summed E-state index contributed by atoms with van der Waals surface area (Å²) >= 11 is 0. The lowest BCUT2D eigenvalue weighted by molar-refractivity contribution is -0.138. The largest absolute Gasteiger partial charge is 0.450 e. The molecule has 1 atom stereocenters. The fourth-order valence-electron chi connectivity index (χ4n) is 3.13. The Morgan fingerprint density at radius 3 is 2.39 bits per heavy atom. The smallest absolute Gasteiger partial charge is 0.416 e. The number of hydrogen-bond acceptors (Lipinski definition) is 4. The van der Waals surface area contributed by atoms with Crippen LogP contribution in [0.3, 0.4) is 0 Å². The quantitative estimate of drug-likeness (QED) is 0.684. The van der Waals surface area contributed by atoms with E-state index in [9.17, 15) is 22.8 Å². The summed E-state index contributed by atoms with van der Waals surface area (Å²) in [5.74, 6) is -0.890. The molecule has 2 aromatic rings. The first-order valence-corrected chi connectivity index (χ1v) is 9.88. The summed E-state index contributed by atoms with van der Waals surface area (Å²) in [6.07, 6.45) is -5.38. The van der Waals surface area contributed by atoms with Gasteiger partial charge in [-0.3, -0.25) is 4.79 Å². The van der Waals surface area contributed by atoms with E-state index in [1.165, 1.54) is 16.8 Å². The van der Waals surface area contributed by atoms with Gasteiger partial charge < -0.3 is 15.4 Å². The Hall–Kier alpha value is -3.04. The van der Waals surface area contributed by atoms with Crippen LogP contribution in [0.15, 0.2) is 24.3 Å². The number of alkyl carbamates (subject to hydrolysis) is 1. The van der Waals surface area contributed by atoms with Crippen LogP contribution in [0.4, 0.5) is 18.0 Å². The van der Waals surface area contributed by atoms with Crippen molar-refractivity contribution in [1.29, 1.82) is 0 Å². The van der Waals surface area contributed by atoms with Crippen molar-refractivity contribution < 1.29 is 27.5 Å². The Balaban J connectivity index is 2.24. The van der Waals surface area contributed by atoms with Gasteiger partial charge in [0.2, 0.25) is 5.91 Å². The molecule has 0 aliphatic rings. The molecule has 1 aromatic heterocycles. The predicted octanol–water partition coefficient (Wildman–Crippen LogP) is 3.89. The van der Waals surface area contributed by atoms with E-state index < -0.39 is 29.8 Å². The molecule has 0 aliphatic carbocycles. The van der Waals surface area contributed by atoms with Crippen molar-refractivity contribution in [1.82, 2.24) is 20.4 Å². The Morgan fingerprint density at radius 2 is 1.87 bits per heavy atom. The topological polar surface area (TPSA) is 85.2 Å². The minimum absolute atomic E-state index is 0.0928. The molecule has 1 unspecified atom stereocenters. The second-order valence-electron chi connectivity index (χ2n) is 7.48. The first-order chi connectivity index (χ1) is 14.4. The Bertz CT molecular complexity index is 938. The van der Waals surface area contributed by atoms with Gasteiger partial charge in [0.25, 0.3) is 0 Å². The number of benzene rings is 1. The third-order valence-electron chi connectivity index (χ3n) is 4.60. The average molecular weight is 440 g/mol. The van der Waals surface area contributed by atoms with Crippen LogP contribution >= 0.6 is 0 Å². The monoisotopic (exact) mass is 440 g/mol. The van der Waals surface area contributed by atoms with E-state index >= 15 is 0 Å². The number of nitrogens with zero attached hydrogens (tertiary/aromatic N) is 2. The predicted molar refractivity (Wildman–Crippen MR) is 109 cm³/mol. The zero-order valence-electron chi connectivity index (χ0n) is 18.1. The van der Waals surface area contributed by atoms with Gasteiger partial charge in [0, 0.05) is 12.2 Å². The van der Waals surface area contributed by atoms with Crippen molar-refractivity contribution in [2.24, 2.45) is 5.92 Å². The molecule has 0 radical (unpaired) electrons. The zero-order chi connectivity index (χ0) is 23.3. The van der Waals surface area contributed by atoms with E-state index in [-0.39, 0.29) is 30.3 Å². The van der Waals surface area contributed by atoms with Crippen LogP contribution in [0, 0.1) is 19.8 Å². The van der Waals surface area contributed by atoms with Gasteiger partial charge in [0.1, 0.15) is 6.04 Å². The number of halogens is 3. The number of hydrogen-bond donors (Lipinski definition) is 2. The molecule has 0 spiro atoms. The molecule has 7 nitrogen and oxygen atoms in total. The van der Waals surface area contributed by atoms with Crippen molar-refractivity contribution in [3.05, 3.63) is 46.8 Å². The molecular formula is C21H27F3N4O3. The van der Waals surface area contributed by atoms with Crippen molar-refractivity contribution in [3.63, 3.8) is 0 Å². The maximum absolute atomic E-state index is 13.7. The maximum atomic E-state index is 13.7. The number of alkyl halides is 3. The van der Waals surface area contributed by atoms with Gasteiger partial charge in [0.15, 0.2) is 0 Å². The second kappa shape index (κ2) is 9.84. The lowest BCUT2D eigenvalue weighted by Crippen LogP contribution is -2.49. The molecule has 0 bridgehead atoms. The fourth-order valence-corrected chi connectivity index (χ4v) is 3.13. The number of aromatic nitrogens is 2. The van der Waals surface area contributed by atoms with Crippen LogP contribution in [-0.4, -0.2) is 34.4 Å². The van der Waals surface area contributed by atoms with E-state index in [2.05, 4.69) is 15.7 Å². The van der Waals surface area contributed by atoms with Crippen molar-refractivity contribution in [2.75, 3.05) is 6.61 Å². The summed E-state index contributed by atoms with van der Waals surface area (Å²) in [6.45, 7) is 8.34. The second-order valence-corrected chi connectivity index (χ2v) is 7.48. The summed E-state index contributed by atoms with van der Waals surface area (Å²) in [7, 11) is 0. The van der Waals surface area contributed by atoms with Gasteiger partial charge in [-0.05, 0) is 50.5 Å². The highest BCUT2D eigenvalue weighted by Gasteiger charge is 2.34. The number of aryl methyl sites for hydroxylation is 2. The molecule has 1 heterocycles. The normalized spacial score (nSPS) is 12.5. The molecule has 2 rings (SSSR count). The van der Waals surface area contributed by atoms with E-state index in [1.54, 1.807) is 40.7 Å². The maximum Gasteiger partial charge on any atom is 0.416 e. The van der Waals surface area contributed by atoms with Crippen LogP contribution in [0.2, 0.25) is 0 Å². The highest BCUT2D eigenvalue weighted by atomic mass is 19.4. The summed E-state index contributed by atoms with van der Waals surface area (Å²) in [5.41, 5.74) is 0.715. The molecule has 31 heavy (non-hydrogen) atoms. The van der Waals surface area contributed by atoms with Gasteiger partial charge in [-0.25, -0.2) is 9.48 Å². The number of carbonyl (C=O) groups excluding carboxylic acids is 2. The Labute approximate surface area is 179 Å². The molecular weight excluding hydrogens is 413 g/mol. The average Bonchev–Trinajstić information content (AvgIpc) is 3.01. The standard InChI is InChI=1S/C21H27F3N4O3/c1-6-31-20(30)26-18(12(2)3)19(29)25-11-15-7-8-16(10-17(15)21(22,23)24)28-14(5)9-13(4)27-28/h7-10,12,18H,6,11H2,1-5H3,(H,25,29)(H,26,30). The molecule has 2 N–H and O–H groups in total. The highest BCUT2D eigenvalue weighted by Crippen LogP contribution is 2.33. The molecule has 2 amide bonds. The Kier molecular flexibility index (Phi) is 7.70. The van der Waals surface area contributed by atoms with Crippen LogP contribution in [-0.2, 0) is 22.3 Å². The number of nitrogens with one attached hydrogen (secondary N) is 2. The van der Waals surface area contributed by atoms with E-state index in [0.717, 1.165) is 6.07 Å². The van der Waals surface area contributed by atoms with E-state index in [4.69, 9.17) is 4.74 Å². The van der Waals surface area contributed by atoms with Gasteiger partial charge in [-0.15, -0.1) is 0 Å². The minimum atomic E-state index is -4.62. The van der Waals surface area contributed by atoms with Crippen LogP contribution in [0.25, 0.3) is 5.69 Å². The molecule has 1 aromatic carbocycles. The van der Waals surface area contributed by atoms with Gasteiger partial charge >= 0.3 is 12.3 Å². The number of amides is 2. The number of ether oxygens (including phenoxy) is 1. The third kappa shape index (κ3) is 6.22. The van der Waals surface area contributed by atoms with Gasteiger partial charge in [0.05, 0.1) is 23.6 Å². The van der Waals surface area contributed by atoms with E-state index in [1.807, 2.05) is 0 Å². The Morgan fingerprint density at radius 1 is 1.19 bits per heavy atom. The van der Waals surface area contributed by atoms with Crippen molar-refractivity contribution in [3.8, 4) is 5.69 Å². The number of rotatable bonds is 7. The summed E-state index contributed by atoms with van der Waals surface area (Å²) in [5, 5.41) is 9.13. The van der Waals surface area contributed by atoms with Crippen molar-refractivity contribution >= 4 is 12.0 Å². The van der Waals surface area contributed by atoms with Crippen LogP contribution in [0.5, 0.6) is 0 Å². The molecule has 10 heteroatoms. The molecule has 170 valence electrons. The molecule has 0 aliphatic heterocycles. The van der Waals surface area contributed by atoms with E-state index in [0.29, 0.717) is 11.4 Å². The fraction of sp³-hybridized carbons (Fsp3) is 0.476. The first kappa shape index (κ1) is 24.2. The summed E-state index contributed by atoms with van der Waals surface area (Å²) in [6, 6.07) is 4.68. The van der Waals surface area contributed by atoms with Gasteiger partial charge in [-0.1, -0.05) is 19.9 Å². The highest BCUT2D eigenvalue weighted by molar-refractivity contribution is 5.85. The molecule has 0 saturated heterocycles. The third-order valence-corrected chi connectivity index (χ3v) is 4.60. The van der Waals surface area contributed by atoms with Crippen LogP contribution in [0.1, 0.15) is 43.3 Å².